The molecule has 0 aromatic heterocycles. The van der Waals surface area contributed by atoms with Gasteiger partial charge in [-0.25, -0.2) is 4.39 Å². The molecular formula is C21H36FN5O. The van der Waals surface area contributed by atoms with Crippen LogP contribution in [0.2, 0.25) is 0 Å². The maximum absolute atomic E-state index is 13.4. The van der Waals surface area contributed by atoms with Crippen LogP contribution in [-0.2, 0) is 4.74 Å². The smallest absolute Gasteiger partial charge is 0.191 e. The molecule has 2 unspecified atom stereocenters. The van der Waals surface area contributed by atoms with E-state index < -0.39 is 0 Å². The van der Waals surface area contributed by atoms with Crippen LogP contribution in [0.3, 0.4) is 0 Å². The van der Waals surface area contributed by atoms with Crippen LogP contribution in [0.25, 0.3) is 0 Å². The molecule has 2 atom stereocenters. The van der Waals surface area contributed by atoms with Crippen molar-refractivity contribution < 1.29 is 9.13 Å². The van der Waals surface area contributed by atoms with Gasteiger partial charge in [-0.05, 0) is 38.1 Å². The summed E-state index contributed by atoms with van der Waals surface area (Å²) in [7, 11) is 3.93. The Morgan fingerprint density at radius 2 is 1.93 bits per heavy atom. The first kappa shape index (κ1) is 22.6. The number of hydrogen-bond donors (Lipinski definition) is 2. The average Bonchev–Trinajstić information content (AvgIpc) is 2.73. The Bertz CT molecular complexity index is 589. The molecule has 158 valence electrons. The first-order valence-corrected chi connectivity index (χ1v) is 10.3. The number of rotatable bonds is 9. The van der Waals surface area contributed by atoms with Gasteiger partial charge in [0.25, 0.3) is 0 Å². The zero-order chi connectivity index (χ0) is 20.4. The second-order valence-corrected chi connectivity index (χ2v) is 7.33. The summed E-state index contributed by atoms with van der Waals surface area (Å²) in [5, 5.41) is 6.83. The standard InChI is InChI=1S/C21H36FN5O/c1-5-17(2)26(4)11-10-24-21(23-3)25-16-20(27-12-14-28-15-13-27)18-6-8-19(22)9-7-18/h6-9,17,20H,5,10-16H2,1-4H3,(H2,23,24,25). The van der Waals surface area contributed by atoms with Crippen molar-refractivity contribution in [3.63, 3.8) is 0 Å². The summed E-state index contributed by atoms with van der Waals surface area (Å²) in [6.07, 6.45) is 1.14. The van der Waals surface area contributed by atoms with Crippen molar-refractivity contribution in [1.29, 1.82) is 0 Å². The number of nitrogens with zero attached hydrogens (tertiary/aromatic N) is 3. The van der Waals surface area contributed by atoms with Crippen molar-refractivity contribution in [2.75, 3.05) is 60.0 Å². The van der Waals surface area contributed by atoms with Gasteiger partial charge in [0.15, 0.2) is 5.96 Å². The maximum atomic E-state index is 13.4. The molecule has 1 aromatic carbocycles. The van der Waals surface area contributed by atoms with Crippen molar-refractivity contribution in [3.8, 4) is 0 Å². The highest BCUT2D eigenvalue weighted by atomic mass is 19.1. The lowest BCUT2D eigenvalue weighted by Crippen LogP contribution is -2.47. The lowest BCUT2D eigenvalue weighted by atomic mass is 10.0. The van der Waals surface area contributed by atoms with E-state index in [0.29, 0.717) is 12.6 Å². The number of nitrogens with one attached hydrogen (secondary N) is 2. The van der Waals surface area contributed by atoms with Gasteiger partial charge in [-0.1, -0.05) is 19.1 Å². The highest BCUT2D eigenvalue weighted by Crippen LogP contribution is 2.21. The lowest BCUT2D eigenvalue weighted by Gasteiger charge is -2.35. The highest BCUT2D eigenvalue weighted by molar-refractivity contribution is 5.79. The van der Waals surface area contributed by atoms with Gasteiger partial charge < -0.3 is 20.3 Å². The fourth-order valence-electron chi connectivity index (χ4n) is 3.33. The fraction of sp³-hybridized carbons (Fsp3) is 0.667. The first-order chi connectivity index (χ1) is 13.5. The maximum Gasteiger partial charge on any atom is 0.191 e. The number of aliphatic imine (C=N–C) groups is 1. The van der Waals surface area contributed by atoms with E-state index in [1.165, 1.54) is 12.1 Å². The molecule has 2 rings (SSSR count). The van der Waals surface area contributed by atoms with E-state index >= 15 is 0 Å². The van der Waals surface area contributed by atoms with Gasteiger partial charge in [-0.3, -0.25) is 9.89 Å². The molecular weight excluding hydrogens is 357 g/mol. The van der Waals surface area contributed by atoms with Crippen LogP contribution in [0.5, 0.6) is 0 Å². The van der Waals surface area contributed by atoms with E-state index in [0.717, 1.165) is 57.3 Å². The SMILES string of the molecule is CCC(C)N(C)CCNC(=NC)NCC(c1ccc(F)cc1)N1CCOCC1. The van der Waals surface area contributed by atoms with Crippen LogP contribution < -0.4 is 10.6 Å². The molecule has 2 N–H and O–H groups in total. The molecule has 1 saturated heterocycles. The van der Waals surface area contributed by atoms with Crippen molar-refractivity contribution in [1.82, 2.24) is 20.4 Å². The zero-order valence-electron chi connectivity index (χ0n) is 17.7. The highest BCUT2D eigenvalue weighted by Gasteiger charge is 2.23. The Labute approximate surface area is 169 Å². The number of ether oxygens (including phenoxy) is 1. The predicted octanol–water partition coefficient (Wildman–Crippen LogP) is 2.09. The summed E-state index contributed by atoms with van der Waals surface area (Å²) in [4.78, 5) is 9.07. The summed E-state index contributed by atoms with van der Waals surface area (Å²) in [5.74, 6) is 0.582. The van der Waals surface area contributed by atoms with Gasteiger partial charge in [0, 0.05) is 45.8 Å². The molecule has 1 heterocycles. The third kappa shape index (κ3) is 7.04. The van der Waals surface area contributed by atoms with Crippen LogP contribution in [0.1, 0.15) is 31.9 Å². The van der Waals surface area contributed by atoms with Gasteiger partial charge >= 0.3 is 0 Å². The van der Waals surface area contributed by atoms with Crippen LogP contribution in [0.4, 0.5) is 4.39 Å². The van der Waals surface area contributed by atoms with Gasteiger partial charge in [-0.15, -0.1) is 0 Å². The third-order valence-corrected chi connectivity index (χ3v) is 5.53. The van der Waals surface area contributed by atoms with Crippen LogP contribution in [0, 0.1) is 5.82 Å². The fourth-order valence-corrected chi connectivity index (χ4v) is 3.33. The first-order valence-electron chi connectivity index (χ1n) is 10.3. The molecule has 1 aliphatic rings. The number of halogens is 1. The molecule has 1 aromatic rings. The van der Waals surface area contributed by atoms with Crippen molar-refractivity contribution in [2.45, 2.75) is 32.4 Å². The van der Waals surface area contributed by atoms with Crippen molar-refractivity contribution in [3.05, 3.63) is 35.6 Å². The Morgan fingerprint density at radius 3 is 2.54 bits per heavy atom. The molecule has 1 aliphatic heterocycles. The Kier molecular flexibility index (Phi) is 9.67. The number of guanidine groups is 1. The predicted molar refractivity (Wildman–Crippen MR) is 113 cm³/mol. The van der Waals surface area contributed by atoms with Gasteiger partial charge in [0.2, 0.25) is 0 Å². The van der Waals surface area contributed by atoms with Crippen molar-refractivity contribution >= 4 is 5.96 Å². The second kappa shape index (κ2) is 12.0. The quantitative estimate of drug-likeness (QED) is 0.497. The lowest BCUT2D eigenvalue weighted by molar-refractivity contribution is 0.0170. The topological polar surface area (TPSA) is 52.1 Å². The minimum Gasteiger partial charge on any atom is -0.379 e. The Morgan fingerprint density at radius 1 is 1.25 bits per heavy atom. The van der Waals surface area contributed by atoms with Crippen LogP contribution >= 0.6 is 0 Å². The molecule has 0 bridgehead atoms. The van der Waals surface area contributed by atoms with Crippen molar-refractivity contribution in [2.24, 2.45) is 4.99 Å². The molecule has 1 fully saturated rings. The summed E-state index contributed by atoms with van der Waals surface area (Å²) in [5.41, 5.74) is 1.10. The van der Waals surface area contributed by atoms with Gasteiger partial charge in [0.1, 0.15) is 5.82 Å². The minimum atomic E-state index is -0.208. The third-order valence-electron chi connectivity index (χ3n) is 5.53. The molecule has 28 heavy (non-hydrogen) atoms. The van der Waals surface area contributed by atoms with Gasteiger partial charge in [-0.2, -0.15) is 0 Å². The van der Waals surface area contributed by atoms with Crippen LogP contribution in [0.15, 0.2) is 29.3 Å². The summed E-state index contributed by atoms with van der Waals surface area (Å²) in [6.45, 7) is 10.1. The van der Waals surface area contributed by atoms with Crippen LogP contribution in [-0.4, -0.2) is 81.8 Å². The van der Waals surface area contributed by atoms with E-state index in [4.69, 9.17) is 4.74 Å². The Hall–Kier alpha value is -1.70. The van der Waals surface area contributed by atoms with E-state index in [2.05, 4.69) is 46.3 Å². The second-order valence-electron chi connectivity index (χ2n) is 7.33. The van der Waals surface area contributed by atoms with E-state index in [9.17, 15) is 4.39 Å². The largest absolute Gasteiger partial charge is 0.379 e. The number of hydrogen-bond acceptors (Lipinski definition) is 4. The van der Waals surface area contributed by atoms with Gasteiger partial charge in [0.05, 0.1) is 19.3 Å². The monoisotopic (exact) mass is 393 g/mol. The van der Waals surface area contributed by atoms with E-state index in [1.54, 1.807) is 7.05 Å². The van der Waals surface area contributed by atoms with E-state index in [1.807, 2.05) is 12.1 Å². The molecule has 7 heteroatoms. The number of likely N-dealkylation sites (N-methyl/N-ethyl adjacent to an activating group) is 1. The molecule has 0 radical (unpaired) electrons. The zero-order valence-corrected chi connectivity index (χ0v) is 17.7. The summed E-state index contributed by atoms with van der Waals surface area (Å²) >= 11 is 0. The molecule has 0 aliphatic carbocycles. The minimum absolute atomic E-state index is 0.144. The normalized spacial score (nSPS) is 18.1. The Balaban J connectivity index is 1.92. The number of morpholine rings is 1. The summed E-state index contributed by atoms with van der Waals surface area (Å²) < 4.78 is 18.9. The molecule has 0 saturated carbocycles. The average molecular weight is 394 g/mol. The molecule has 6 nitrogen and oxygen atoms in total. The number of benzene rings is 1. The van der Waals surface area contributed by atoms with E-state index in [-0.39, 0.29) is 11.9 Å². The molecule has 0 amide bonds. The molecule has 0 spiro atoms. The summed E-state index contributed by atoms with van der Waals surface area (Å²) in [6, 6.07) is 7.51.